The molecule has 0 aromatic heterocycles. The second kappa shape index (κ2) is 6.32. The van der Waals surface area contributed by atoms with Gasteiger partial charge in [-0.15, -0.1) is 0 Å². The van der Waals surface area contributed by atoms with Crippen molar-refractivity contribution >= 4 is 35.2 Å². The second-order valence-corrected chi connectivity index (χ2v) is 4.70. The standard InChI is InChI=1S/C15H14N2O3S/c1-3-7-20-12-6-4-5-11(8-12)9-13-14(19)16-15(21)17(13)10(2)18/h3-6,8-9H,1,7H2,2H3,(H,16,19,21)/b13-9+. The van der Waals surface area contributed by atoms with Crippen molar-refractivity contribution < 1.29 is 14.3 Å². The van der Waals surface area contributed by atoms with Crippen molar-refractivity contribution in [3.05, 3.63) is 48.2 Å². The molecule has 0 radical (unpaired) electrons. The highest BCUT2D eigenvalue weighted by Gasteiger charge is 2.32. The summed E-state index contributed by atoms with van der Waals surface area (Å²) in [6, 6.07) is 7.17. The molecule has 0 aliphatic carbocycles. The van der Waals surface area contributed by atoms with Crippen molar-refractivity contribution in [2.45, 2.75) is 6.92 Å². The third kappa shape index (κ3) is 3.35. The lowest BCUT2D eigenvalue weighted by molar-refractivity contribution is -0.125. The van der Waals surface area contributed by atoms with Gasteiger partial charge in [-0.05, 0) is 36.0 Å². The summed E-state index contributed by atoms with van der Waals surface area (Å²) in [4.78, 5) is 24.6. The van der Waals surface area contributed by atoms with E-state index in [1.807, 2.05) is 0 Å². The van der Waals surface area contributed by atoms with Gasteiger partial charge in [0.2, 0.25) is 5.91 Å². The summed E-state index contributed by atoms with van der Waals surface area (Å²) in [6.07, 6.45) is 3.24. The van der Waals surface area contributed by atoms with E-state index in [1.54, 1.807) is 36.4 Å². The molecule has 1 aliphatic rings. The third-order valence-corrected chi connectivity index (χ3v) is 3.03. The smallest absolute Gasteiger partial charge is 0.274 e. The quantitative estimate of drug-likeness (QED) is 0.524. The van der Waals surface area contributed by atoms with Crippen LogP contribution in [-0.4, -0.2) is 28.4 Å². The number of nitrogens with zero attached hydrogens (tertiary/aromatic N) is 1. The van der Waals surface area contributed by atoms with Gasteiger partial charge in [-0.1, -0.05) is 24.8 Å². The second-order valence-electron chi connectivity index (χ2n) is 4.32. The van der Waals surface area contributed by atoms with Crippen LogP contribution in [-0.2, 0) is 9.59 Å². The lowest BCUT2D eigenvalue weighted by Gasteiger charge is -2.12. The van der Waals surface area contributed by atoms with Crippen LogP contribution in [0.5, 0.6) is 5.75 Å². The molecule has 1 heterocycles. The van der Waals surface area contributed by atoms with Gasteiger partial charge in [-0.2, -0.15) is 0 Å². The van der Waals surface area contributed by atoms with Crippen molar-refractivity contribution in [2.24, 2.45) is 0 Å². The highest BCUT2D eigenvalue weighted by molar-refractivity contribution is 7.80. The van der Waals surface area contributed by atoms with E-state index in [9.17, 15) is 9.59 Å². The van der Waals surface area contributed by atoms with Gasteiger partial charge in [0, 0.05) is 6.92 Å². The topological polar surface area (TPSA) is 58.6 Å². The number of carbonyl (C=O) groups is 2. The monoisotopic (exact) mass is 302 g/mol. The van der Waals surface area contributed by atoms with Crippen LogP contribution < -0.4 is 10.1 Å². The molecule has 0 saturated carbocycles. The maximum atomic E-state index is 11.9. The van der Waals surface area contributed by atoms with Gasteiger partial charge in [0.1, 0.15) is 18.1 Å². The number of benzene rings is 1. The molecule has 1 aromatic carbocycles. The third-order valence-electron chi connectivity index (χ3n) is 2.74. The number of hydrogen-bond donors (Lipinski definition) is 1. The largest absolute Gasteiger partial charge is 0.490 e. The number of carbonyl (C=O) groups excluding carboxylic acids is 2. The summed E-state index contributed by atoms with van der Waals surface area (Å²) in [5, 5.41) is 2.55. The van der Waals surface area contributed by atoms with Crippen molar-refractivity contribution in [1.82, 2.24) is 10.2 Å². The molecule has 0 atom stereocenters. The number of thiocarbonyl (C=S) groups is 1. The summed E-state index contributed by atoms with van der Waals surface area (Å²) in [6.45, 7) is 5.32. The zero-order valence-electron chi connectivity index (χ0n) is 11.5. The van der Waals surface area contributed by atoms with Crippen LogP contribution in [0.2, 0.25) is 0 Å². The molecule has 0 spiro atoms. The molecular weight excluding hydrogens is 288 g/mol. The minimum atomic E-state index is -0.396. The van der Waals surface area contributed by atoms with Gasteiger partial charge in [0.25, 0.3) is 5.91 Å². The zero-order chi connectivity index (χ0) is 15.4. The van der Waals surface area contributed by atoms with E-state index < -0.39 is 5.91 Å². The van der Waals surface area contributed by atoms with E-state index in [1.165, 1.54) is 11.8 Å². The van der Waals surface area contributed by atoms with Crippen LogP contribution in [0.3, 0.4) is 0 Å². The van der Waals surface area contributed by atoms with E-state index in [4.69, 9.17) is 17.0 Å². The summed E-state index contributed by atoms with van der Waals surface area (Å²) < 4.78 is 5.43. The van der Waals surface area contributed by atoms with Crippen LogP contribution in [0.15, 0.2) is 42.6 Å². The molecule has 1 aromatic rings. The summed E-state index contributed by atoms with van der Waals surface area (Å²) >= 11 is 4.97. The summed E-state index contributed by atoms with van der Waals surface area (Å²) in [5.41, 5.74) is 0.936. The molecule has 0 bridgehead atoms. The first-order valence-electron chi connectivity index (χ1n) is 6.24. The van der Waals surface area contributed by atoms with Crippen molar-refractivity contribution in [3.63, 3.8) is 0 Å². The molecule has 1 fully saturated rings. The Hall–Kier alpha value is -2.47. The Balaban J connectivity index is 2.33. The predicted octanol–water partition coefficient (Wildman–Crippen LogP) is 1.86. The molecule has 6 heteroatoms. The van der Waals surface area contributed by atoms with E-state index >= 15 is 0 Å². The summed E-state index contributed by atoms with van der Waals surface area (Å²) in [7, 11) is 0. The summed E-state index contributed by atoms with van der Waals surface area (Å²) in [5.74, 6) is -0.0594. The average molecular weight is 302 g/mol. The fraction of sp³-hybridized carbons (Fsp3) is 0.133. The Morgan fingerprint density at radius 3 is 2.95 bits per heavy atom. The lowest BCUT2D eigenvalue weighted by Crippen LogP contribution is -2.31. The number of ether oxygens (including phenoxy) is 1. The van der Waals surface area contributed by atoms with Crippen molar-refractivity contribution in [3.8, 4) is 5.75 Å². The first-order valence-corrected chi connectivity index (χ1v) is 6.65. The molecule has 1 N–H and O–H groups in total. The van der Waals surface area contributed by atoms with E-state index in [0.717, 1.165) is 5.56 Å². The molecule has 2 rings (SSSR count). The molecular formula is C15H14N2O3S. The normalized spacial score (nSPS) is 16.0. The van der Waals surface area contributed by atoms with Gasteiger partial charge in [0.15, 0.2) is 5.11 Å². The highest BCUT2D eigenvalue weighted by atomic mass is 32.1. The Morgan fingerprint density at radius 1 is 1.52 bits per heavy atom. The SMILES string of the molecule is C=CCOc1cccc(/C=C2\C(=O)NC(=S)N2C(C)=O)c1. The molecule has 21 heavy (non-hydrogen) atoms. The van der Waals surface area contributed by atoms with Crippen molar-refractivity contribution in [2.75, 3.05) is 6.61 Å². The Labute approximate surface area is 127 Å². The van der Waals surface area contributed by atoms with Crippen LogP contribution in [0.25, 0.3) is 6.08 Å². The van der Waals surface area contributed by atoms with Crippen LogP contribution in [0.4, 0.5) is 0 Å². The molecule has 1 aliphatic heterocycles. The van der Waals surface area contributed by atoms with Gasteiger partial charge in [-0.25, -0.2) is 0 Å². The lowest BCUT2D eigenvalue weighted by atomic mass is 10.1. The van der Waals surface area contributed by atoms with E-state index in [0.29, 0.717) is 12.4 Å². The highest BCUT2D eigenvalue weighted by Crippen LogP contribution is 2.20. The fourth-order valence-electron chi connectivity index (χ4n) is 1.88. The van der Waals surface area contributed by atoms with Gasteiger partial charge < -0.3 is 4.74 Å². The van der Waals surface area contributed by atoms with Gasteiger partial charge in [0.05, 0.1) is 0 Å². The van der Waals surface area contributed by atoms with Gasteiger partial charge in [-0.3, -0.25) is 19.8 Å². The Bertz CT molecular complexity index is 652. The number of hydrogen-bond acceptors (Lipinski definition) is 4. The molecule has 108 valence electrons. The van der Waals surface area contributed by atoms with Crippen LogP contribution in [0, 0.1) is 0 Å². The fourth-order valence-corrected chi connectivity index (χ4v) is 2.20. The first kappa shape index (κ1) is 14.9. The van der Waals surface area contributed by atoms with Gasteiger partial charge >= 0.3 is 0 Å². The number of rotatable bonds is 4. The Morgan fingerprint density at radius 2 is 2.29 bits per heavy atom. The number of amides is 2. The Kier molecular flexibility index (Phi) is 4.49. The van der Waals surface area contributed by atoms with E-state index in [2.05, 4.69) is 11.9 Å². The minimum Gasteiger partial charge on any atom is -0.490 e. The maximum Gasteiger partial charge on any atom is 0.274 e. The zero-order valence-corrected chi connectivity index (χ0v) is 12.3. The number of nitrogens with one attached hydrogen (secondary N) is 1. The molecule has 5 nitrogen and oxygen atoms in total. The molecule has 2 amide bonds. The minimum absolute atomic E-state index is 0.0952. The predicted molar refractivity (Wildman–Crippen MR) is 83.4 cm³/mol. The average Bonchev–Trinajstić information content (AvgIpc) is 2.71. The first-order chi connectivity index (χ1) is 10.0. The van der Waals surface area contributed by atoms with Crippen molar-refractivity contribution in [1.29, 1.82) is 0 Å². The van der Waals surface area contributed by atoms with E-state index in [-0.39, 0.29) is 16.7 Å². The van der Waals surface area contributed by atoms with Crippen LogP contribution >= 0.6 is 12.2 Å². The maximum absolute atomic E-state index is 11.9. The molecule has 0 unspecified atom stereocenters. The van der Waals surface area contributed by atoms with Crippen LogP contribution in [0.1, 0.15) is 12.5 Å². The molecule has 1 saturated heterocycles.